The Kier molecular flexibility index (Phi) is 6.70. The van der Waals surface area contributed by atoms with Gasteiger partial charge in [-0.2, -0.15) is 0 Å². The molecule has 6 heteroatoms. The SMILES string of the molecule is Cc1nccn1Cc1ccccc1C(=O)N1CCCC(c2cccc(Cc3ccccc3F)n2)C1. The highest BCUT2D eigenvalue weighted by Gasteiger charge is 2.27. The van der Waals surface area contributed by atoms with Gasteiger partial charge in [0.15, 0.2) is 0 Å². The number of benzene rings is 2. The number of rotatable bonds is 6. The number of carbonyl (C=O) groups excluding carboxylic acids is 1. The molecule has 1 aliphatic heterocycles. The van der Waals surface area contributed by atoms with E-state index < -0.39 is 0 Å². The van der Waals surface area contributed by atoms with Gasteiger partial charge >= 0.3 is 0 Å². The summed E-state index contributed by atoms with van der Waals surface area (Å²) in [6.45, 7) is 3.95. The van der Waals surface area contributed by atoms with Crippen LogP contribution in [0.3, 0.4) is 0 Å². The van der Waals surface area contributed by atoms with Crippen molar-refractivity contribution in [3.05, 3.63) is 119 Å². The van der Waals surface area contributed by atoms with Crippen molar-refractivity contribution >= 4 is 5.91 Å². The Morgan fingerprint density at radius 2 is 1.83 bits per heavy atom. The number of hydrogen-bond acceptors (Lipinski definition) is 3. The average molecular weight is 469 g/mol. The van der Waals surface area contributed by atoms with E-state index in [4.69, 9.17) is 4.98 Å². The van der Waals surface area contributed by atoms with Gasteiger partial charge in [0.25, 0.3) is 5.91 Å². The van der Waals surface area contributed by atoms with Gasteiger partial charge in [-0.25, -0.2) is 9.37 Å². The summed E-state index contributed by atoms with van der Waals surface area (Å²) < 4.78 is 16.2. The van der Waals surface area contributed by atoms with E-state index in [1.165, 1.54) is 6.07 Å². The van der Waals surface area contributed by atoms with Crippen LogP contribution in [0.5, 0.6) is 0 Å². The lowest BCUT2D eigenvalue weighted by molar-refractivity contribution is 0.0704. The molecule has 0 radical (unpaired) electrons. The molecule has 1 saturated heterocycles. The van der Waals surface area contributed by atoms with Crippen LogP contribution in [-0.4, -0.2) is 38.4 Å². The molecule has 0 saturated carbocycles. The molecule has 3 heterocycles. The number of aryl methyl sites for hydroxylation is 1. The fourth-order valence-electron chi connectivity index (χ4n) is 4.86. The van der Waals surface area contributed by atoms with E-state index in [1.54, 1.807) is 18.3 Å². The molecule has 2 aromatic carbocycles. The lowest BCUT2D eigenvalue weighted by Gasteiger charge is -2.33. The van der Waals surface area contributed by atoms with Gasteiger partial charge in [-0.15, -0.1) is 0 Å². The number of piperidine rings is 1. The molecular formula is C29H29FN4O. The molecule has 0 bridgehead atoms. The highest BCUT2D eigenvalue weighted by Crippen LogP contribution is 2.28. The minimum absolute atomic E-state index is 0.0607. The molecule has 0 aliphatic carbocycles. The van der Waals surface area contributed by atoms with Crippen molar-refractivity contribution in [2.45, 2.75) is 38.6 Å². The third-order valence-electron chi connectivity index (χ3n) is 6.80. The van der Waals surface area contributed by atoms with Crippen LogP contribution in [0.4, 0.5) is 4.39 Å². The summed E-state index contributed by atoms with van der Waals surface area (Å²) >= 11 is 0. The molecule has 1 fully saturated rings. The molecule has 178 valence electrons. The number of aromatic nitrogens is 3. The van der Waals surface area contributed by atoms with Gasteiger partial charge in [0.1, 0.15) is 11.6 Å². The molecule has 1 aliphatic rings. The highest BCUT2D eigenvalue weighted by atomic mass is 19.1. The molecule has 5 nitrogen and oxygen atoms in total. The Hall–Kier alpha value is -3.80. The molecular weight excluding hydrogens is 439 g/mol. The second-order valence-electron chi connectivity index (χ2n) is 9.17. The van der Waals surface area contributed by atoms with Gasteiger partial charge in [-0.1, -0.05) is 42.5 Å². The Bertz CT molecular complexity index is 1330. The first-order valence-corrected chi connectivity index (χ1v) is 12.1. The number of hydrogen-bond donors (Lipinski definition) is 0. The Labute approximate surface area is 205 Å². The first-order chi connectivity index (χ1) is 17.1. The monoisotopic (exact) mass is 468 g/mol. The maximum absolute atomic E-state index is 14.1. The molecule has 35 heavy (non-hydrogen) atoms. The fourth-order valence-corrected chi connectivity index (χ4v) is 4.86. The second kappa shape index (κ2) is 10.2. The van der Waals surface area contributed by atoms with E-state index in [-0.39, 0.29) is 17.6 Å². The van der Waals surface area contributed by atoms with Crippen molar-refractivity contribution < 1.29 is 9.18 Å². The number of nitrogens with zero attached hydrogens (tertiary/aromatic N) is 4. The van der Waals surface area contributed by atoms with Crippen molar-refractivity contribution in [1.29, 1.82) is 0 Å². The lowest BCUT2D eigenvalue weighted by Crippen LogP contribution is -2.39. The zero-order valence-corrected chi connectivity index (χ0v) is 19.9. The highest BCUT2D eigenvalue weighted by molar-refractivity contribution is 5.95. The van der Waals surface area contributed by atoms with Crippen LogP contribution in [0.15, 0.2) is 79.1 Å². The van der Waals surface area contributed by atoms with Crippen molar-refractivity contribution in [2.75, 3.05) is 13.1 Å². The van der Waals surface area contributed by atoms with Gasteiger partial charge in [-0.3, -0.25) is 9.78 Å². The predicted octanol–water partition coefficient (Wildman–Crippen LogP) is 5.38. The number of imidazole rings is 1. The van der Waals surface area contributed by atoms with E-state index in [2.05, 4.69) is 9.55 Å². The minimum atomic E-state index is -0.210. The number of carbonyl (C=O) groups is 1. The first kappa shape index (κ1) is 23.0. The standard InChI is InChI=1S/C29H29FN4O/c1-21-31-15-17-33(21)19-23-9-2-4-12-26(23)29(35)34-16-7-10-24(20-34)28-14-6-11-25(32-28)18-22-8-3-5-13-27(22)30/h2-6,8-9,11-15,17,24H,7,10,16,18-20H2,1H3. The van der Waals surface area contributed by atoms with Crippen LogP contribution in [0.25, 0.3) is 0 Å². The Morgan fingerprint density at radius 3 is 2.63 bits per heavy atom. The number of amides is 1. The molecule has 4 aromatic rings. The predicted molar refractivity (Wildman–Crippen MR) is 134 cm³/mol. The number of pyridine rings is 1. The van der Waals surface area contributed by atoms with Crippen LogP contribution in [0.1, 0.15) is 57.5 Å². The summed E-state index contributed by atoms with van der Waals surface area (Å²) in [6.07, 6.45) is 6.08. The summed E-state index contributed by atoms with van der Waals surface area (Å²) in [6, 6.07) is 20.6. The quantitative estimate of drug-likeness (QED) is 0.382. The van der Waals surface area contributed by atoms with Crippen molar-refractivity contribution in [3.63, 3.8) is 0 Å². The van der Waals surface area contributed by atoms with Crippen molar-refractivity contribution in [3.8, 4) is 0 Å². The maximum Gasteiger partial charge on any atom is 0.254 e. The van der Waals surface area contributed by atoms with E-state index in [0.717, 1.165) is 47.7 Å². The summed E-state index contributed by atoms with van der Waals surface area (Å²) in [4.78, 5) is 24.7. The summed E-state index contributed by atoms with van der Waals surface area (Å²) in [5, 5.41) is 0. The zero-order chi connectivity index (χ0) is 24.2. The third-order valence-corrected chi connectivity index (χ3v) is 6.80. The summed E-state index contributed by atoms with van der Waals surface area (Å²) in [5.74, 6) is 0.937. The molecule has 0 N–H and O–H groups in total. The fraction of sp³-hybridized carbons (Fsp3) is 0.276. The largest absolute Gasteiger partial charge is 0.338 e. The van der Waals surface area contributed by atoms with Crippen molar-refractivity contribution in [2.24, 2.45) is 0 Å². The molecule has 1 amide bonds. The topological polar surface area (TPSA) is 51.0 Å². The molecule has 5 rings (SSSR count). The average Bonchev–Trinajstić information content (AvgIpc) is 3.30. The van der Waals surface area contributed by atoms with Gasteiger partial charge in [0.2, 0.25) is 0 Å². The first-order valence-electron chi connectivity index (χ1n) is 12.1. The molecule has 2 aromatic heterocycles. The van der Waals surface area contributed by atoms with Gasteiger partial charge < -0.3 is 9.47 Å². The summed E-state index contributed by atoms with van der Waals surface area (Å²) in [7, 11) is 0. The second-order valence-corrected chi connectivity index (χ2v) is 9.17. The van der Waals surface area contributed by atoms with Gasteiger partial charge in [-0.05, 0) is 55.2 Å². The van der Waals surface area contributed by atoms with E-state index >= 15 is 0 Å². The zero-order valence-electron chi connectivity index (χ0n) is 19.9. The van der Waals surface area contributed by atoms with Gasteiger partial charge in [0, 0.05) is 61.3 Å². The number of halogens is 1. The molecule has 1 atom stereocenters. The minimum Gasteiger partial charge on any atom is -0.338 e. The van der Waals surface area contributed by atoms with Crippen LogP contribution in [-0.2, 0) is 13.0 Å². The Balaban J connectivity index is 1.32. The normalized spacial score (nSPS) is 15.8. The summed E-state index contributed by atoms with van der Waals surface area (Å²) in [5.41, 5.74) is 4.19. The molecule has 1 unspecified atom stereocenters. The molecule has 0 spiro atoms. The Morgan fingerprint density at radius 1 is 1.03 bits per heavy atom. The van der Waals surface area contributed by atoms with E-state index in [9.17, 15) is 9.18 Å². The van der Waals surface area contributed by atoms with Gasteiger partial charge in [0.05, 0.1) is 0 Å². The van der Waals surface area contributed by atoms with Crippen LogP contribution in [0, 0.1) is 12.7 Å². The smallest absolute Gasteiger partial charge is 0.254 e. The van der Waals surface area contributed by atoms with Crippen LogP contribution >= 0.6 is 0 Å². The van der Waals surface area contributed by atoms with Crippen LogP contribution < -0.4 is 0 Å². The number of likely N-dealkylation sites (tertiary alicyclic amines) is 1. The van der Waals surface area contributed by atoms with E-state index in [0.29, 0.717) is 25.1 Å². The lowest BCUT2D eigenvalue weighted by atomic mass is 9.93. The third kappa shape index (κ3) is 5.16. The van der Waals surface area contributed by atoms with E-state index in [1.807, 2.05) is 66.6 Å². The maximum atomic E-state index is 14.1. The van der Waals surface area contributed by atoms with Crippen molar-refractivity contribution in [1.82, 2.24) is 19.4 Å². The van der Waals surface area contributed by atoms with Crippen LogP contribution in [0.2, 0.25) is 0 Å².